The van der Waals surface area contributed by atoms with E-state index in [1.807, 2.05) is 13.0 Å². The Labute approximate surface area is 101 Å². The highest BCUT2D eigenvalue weighted by atomic mass is 16.5. The predicted octanol–water partition coefficient (Wildman–Crippen LogP) is 0.485. The summed E-state index contributed by atoms with van der Waals surface area (Å²) < 4.78 is 5.20. The zero-order chi connectivity index (χ0) is 12.5. The van der Waals surface area contributed by atoms with Crippen molar-refractivity contribution < 1.29 is 9.53 Å². The van der Waals surface area contributed by atoms with E-state index >= 15 is 0 Å². The third-order valence-corrected chi connectivity index (χ3v) is 2.15. The molecule has 0 aliphatic carbocycles. The van der Waals surface area contributed by atoms with Gasteiger partial charge in [-0.15, -0.1) is 0 Å². The number of pyridine rings is 1. The van der Waals surface area contributed by atoms with Crippen LogP contribution in [0.4, 0.5) is 0 Å². The minimum Gasteiger partial charge on any atom is -0.380 e. The fraction of sp³-hybridized carbons (Fsp3) is 0.500. The van der Waals surface area contributed by atoms with Crippen LogP contribution in [0.15, 0.2) is 18.5 Å². The fourth-order valence-corrected chi connectivity index (χ4v) is 1.34. The number of ether oxygens (including phenoxy) is 1. The van der Waals surface area contributed by atoms with Gasteiger partial charge in [0.15, 0.2) is 0 Å². The van der Waals surface area contributed by atoms with E-state index in [1.54, 1.807) is 12.4 Å². The van der Waals surface area contributed by atoms with Gasteiger partial charge in [-0.1, -0.05) is 0 Å². The summed E-state index contributed by atoms with van der Waals surface area (Å²) in [5.74, 6) is -0.0972. The number of aryl methyl sites for hydroxylation is 1. The largest absolute Gasteiger partial charge is 0.380 e. The van der Waals surface area contributed by atoms with Crippen LogP contribution in [0.5, 0.6) is 0 Å². The molecule has 0 radical (unpaired) electrons. The van der Waals surface area contributed by atoms with Gasteiger partial charge in [0.05, 0.1) is 12.2 Å². The summed E-state index contributed by atoms with van der Waals surface area (Å²) in [5.41, 5.74) is 6.85. The monoisotopic (exact) mass is 237 g/mol. The van der Waals surface area contributed by atoms with Crippen LogP contribution in [0.1, 0.15) is 22.3 Å². The highest BCUT2D eigenvalue weighted by molar-refractivity contribution is 5.93. The highest BCUT2D eigenvalue weighted by Gasteiger charge is 2.04. The Morgan fingerprint density at radius 2 is 2.29 bits per heavy atom. The van der Waals surface area contributed by atoms with E-state index in [4.69, 9.17) is 10.5 Å². The van der Waals surface area contributed by atoms with Crippen molar-refractivity contribution in [2.45, 2.75) is 13.3 Å². The Hall–Kier alpha value is -1.46. The van der Waals surface area contributed by atoms with E-state index in [2.05, 4.69) is 10.3 Å². The first-order valence-electron chi connectivity index (χ1n) is 5.71. The molecule has 0 fully saturated rings. The Balaban J connectivity index is 2.21. The number of amides is 1. The lowest BCUT2D eigenvalue weighted by atomic mass is 10.2. The Bertz CT molecular complexity index is 355. The third kappa shape index (κ3) is 5.42. The summed E-state index contributed by atoms with van der Waals surface area (Å²) in [6.07, 6.45) is 4.07. The molecule has 1 rings (SSSR count). The normalized spacial score (nSPS) is 10.2. The van der Waals surface area contributed by atoms with Crippen LogP contribution in [-0.2, 0) is 4.74 Å². The summed E-state index contributed by atoms with van der Waals surface area (Å²) in [6.45, 7) is 4.21. The zero-order valence-electron chi connectivity index (χ0n) is 10.1. The molecule has 1 amide bonds. The molecule has 5 nitrogen and oxygen atoms in total. The quantitative estimate of drug-likeness (QED) is 0.676. The van der Waals surface area contributed by atoms with Crippen molar-refractivity contribution in [3.63, 3.8) is 0 Å². The molecule has 0 saturated carbocycles. The molecule has 0 aliphatic rings. The maximum atomic E-state index is 11.7. The van der Waals surface area contributed by atoms with E-state index < -0.39 is 0 Å². The molecule has 0 bridgehead atoms. The molecular weight excluding hydrogens is 218 g/mol. The van der Waals surface area contributed by atoms with E-state index in [9.17, 15) is 4.79 Å². The van der Waals surface area contributed by atoms with Crippen LogP contribution in [0, 0.1) is 6.92 Å². The van der Waals surface area contributed by atoms with Crippen LogP contribution in [0.25, 0.3) is 0 Å². The number of nitrogens with one attached hydrogen (secondary N) is 1. The lowest BCUT2D eigenvalue weighted by molar-refractivity contribution is 0.0942. The highest BCUT2D eigenvalue weighted by Crippen LogP contribution is 2.00. The van der Waals surface area contributed by atoms with Gasteiger partial charge >= 0.3 is 0 Å². The van der Waals surface area contributed by atoms with Gasteiger partial charge in [0, 0.05) is 32.1 Å². The number of aromatic nitrogens is 1. The molecule has 0 atom stereocenters. The van der Waals surface area contributed by atoms with Gasteiger partial charge in [-0.25, -0.2) is 0 Å². The first-order chi connectivity index (χ1) is 8.24. The zero-order valence-corrected chi connectivity index (χ0v) is 10.1. The van der Waals surface area contributed by atoms with E-state index in [0.29, 0.717) is 31.9 Å². The van der Waals surface area contributed by atoms with E-state index in [1.165, 1.54) is 0 Å². The number of nitrogens with zero attached hydrogens (tertiary/aromatic N) is 1. The molecule has 17 heavy (non-hydrogen) atoms. The topological polar surface area (TPSA) is 77.2 Å². The van der Waals surface area contributed by atoms with Crippen LogP contribution in [-0.4, -0.2) is 37.2 Å². The van der Waals surface area contributed by atoms with E-state index in [0.717, 1.165) is 12.0 Å². The van der Waals surface area contributed by atoms with Gasteiger partial charge in [-0.05, 0) is 25.0 Å². The second-order valence-corrected chi connectivity index (χ2v) is 3.76. The van der Waals surface area contributed by atoms with Crippen LogP contribution in [0.2, 0.25) is 0 Å². The molecular formula is C12H19N3O2. The fourth-order valence-electron chi connectivity index (χ4n) is 1.34. The Morgan fingerprint density at radius 3 is 3.00 bits per heavy atom. The number of hydrogen-bond acceptors (Lipinski definition) is 4. The van der Waals surface area contributed by atoms with Crippen LogP contribution in [0.3, 0.4) is 0 Å². The molecule has 1 aromatic rings. The molecule has 0 aromatic carbocycles. The van der Waals surface area contributed by atoms with Gasteiger partial charge < -0.3 is 15.8 Å². The van der Waals surface area contributed by atoms with Gasteiger partial charge in [-0.3, -0.25) is 9.78 Å². The summed E-state index contributed by atoms with van der Waals surface area (Å²) >= 11 is 0. The molecule has 0 spiro atoms. The molecule has 94 valence electrons. The molecule has 3 N–H and O–H groups in total. The van der Waals surface area contributed by atoms with Crippen molar-refractivity contribution in [1.29, 1.82) is 0 Å². The molecule has 0 unspecified atom stereocenters. The summed E-state index contributed by atoms with van der Waals surface area (Å²) in [5, 5.41) is 2.81. The maximum absolute atomic E-state index is 11.7. The number of carbonyl (C=O) groups excluding carboxylic acids is 1. The minimum atomic E-state index is -0.0972. The lowest BCUT2D eigenvalue weighted by Crippen LogP contribution is -2.25. The summed E-state index contributed by atoms with van der Waals surface area (Å²) in [7, 11) is 0. The average molecular weight is 237 g/mol. The van der Waals surface area contributed by atoms with E-state index in [-0.39, 0.29) is 5.91 Å². The SMILES string of the molecule is Cc1cncc(C(=O)NCCCOCCN)c1. The van der Waals surface area contributed by atoms with Crippen molar-refractivity contribution in [3.8, 4) is 0 Å². The van der Waals surface area contributed by atoms with Gasteiger partial charge in [0.2, 0.25) is 0 Å². The molecule has 1 heterocycles. The first-order valence-corrected chi connectivity index (χ1v) is 5.71. The second-order valence-electron chi connectivity index (χ2n) is 3.76. The first kappa shape index (κ1) is 13.6. The molecule has 5 heteroatoms. The predicted molar refractivity (Wildman–Crippen MR) is 65.8 cm³/mol. The molecule has 0 aliphatic heterocycles. The minimum absolute atomic E-state index is 0.0972. The Kier molecular flexibility index (Phi) is 6.21. The van der Waals surface area contributed by atoms with Crippen molar-refractivity contribution in [2.75, 3.05) is 26.3 Å². The van der Waals surface area contributed by atoms with Crippen LogP contribution < -0.4 is 11.1 Å². The smallest absolute Gasteiger partial charge is 0.252 e. The summed E-state index contributed by atoms with van der Waals surface area (Å²) in [4.78, 5) is 15.6. The maximum Gasteiger partial charge on any atom is 0.252 e. The molecule has 1 aromatic heterocycles. The van der Waals surface area contributed by atoms with Gasteiger partial charge in [0.1, 0.15) is 0 Å². The third-order valence-electron chi connectivity index (χ3n) is 2.15. The van der Waals surface area contributed by atoms with Crippen LogP contribution >= 0.6 is 0 Å². The number of carbonyl (C=O) groups is 1. The average Bonchev–Trinajstić information content (AvgIpc) is 2.33. The van der Waals surface area contributed by atoms with Crippen molar-refractivity contribution in [2.24, 2.45) is 5.73 Å². The number of nitrogens with two attached hydrogens (primary N) is 1. The number of rotatable bonds is 7. The standard InChI is InChI=1S/C12H19N3O2/c1-10-7-11(9-14-8-10)12(16)15-4-2-5-17-6-3-13/h7-9H,2-6,13H2,1H3,(H,15,16). The Morgan fingerprint density at radius 1 is 1.47 bits per heavy atom. The summed E-state index contributed by atoms with van der Waals surface area (Å²) in [6, 6.07) is 1.81. The number of hydrogen-bond donors (Lipinski definition) is 2. The van der Waals surface area contributed by atoms with Crippen molar-refractivity contribution >= 4 is 5.91 Å². The van der Waals surface area contributed by atoms with Crippen molar-refractivity contribution in [3.05, 3.63) is 29.6 Å². The molecule has 0 saturated heterocycles. The van der Waals surface area contributed by atoms with Gasteiger partial charge in [0.25, 0.3) is 5.91 Å². The lowest BCUT2D eigenvalue weighted by Gasteiger charge is -2.05. The second kappa shape index (κ2) is 7.76. The van der Waals surface area contributed by atoms with Gasteiger partial charge in [-0.2, -0.15) is 0 Å². The van der Waals surface area contributed by atoms with Crippen molar-refractivity contribution in [1.82, 2.24) is 10.3 Å².